The van der Waals surface area contributed by atoms with E-state index in [0.717, 1.165) is 32.1 Å². The summed E-state index contributed by atoms with van der Waals surface area (Å²) in [4.78, 5) is 26.5. The molecule has 0 heterocycles. The van der Waals surface area contributed by atoms with Gasteiger partial charge >= 0.3 is 0 Å². The minimum absolute atomic E-state index is 0.0633. The lowest BCUT2D eigenvalue weighted by Crippen LogP contribution is -2.69. The van der Waals surface area contributed by atoms with Crippen LogP contribution >= 0.6 is 11.6 Å². The smallest absolute Gasteiger partial charge is 0.243 e. The van der Waals surface area contributed by atoms with Crippen LogP contribution in [0.2, 0.25) is 5.02 Å². The Morgan fingerprint density at radius 2 is 1.70 bits per heavy atom. The summed E-state index contributed by atoms with van der Waals surface area (Å²) in [5.41, 5.74) is -2.33. The fourth-order valence-corrected chi connectivity index (χ4v) is 8.48. The first kappa shape index (κ1) is 24.5. The Morgan fingerprint density at radius 1 is 1.09 bits per heavy atom. The molecule has 0 aliphatic heterocycles. The van der Waals surface area contributed by atoms with Crippen molar-refractivity contribution in [3.8, 4) is 0 Å². The van der Waals surface area contributed by atoms with Crippen LogP contribution < -0.4 is 15.4 Å². The Bertz CT molecular complexity index is 1060. The highest BCUT2D eigenvalue weighted by Gasteiger charge is 2.61. The Hall–Kier alpha value is -1.64. The third-order valence-corrected chi connectivity index (χ3v) is 9.58. The highest BCUT2D eigenvalue weighted by Crippen LogP contribution is 2.61. The molecule has 4 aliphatic carbocycles. The Labute approximate surface area is 201 Å². The Balaban J connectivity index is 1.54. The molecule has 0 radical (unpaired) electrons. The Kier molecular flexibility index (Phi) is 6.11. The molecule has 4 aliphatic rings. The first-order valence-electron chi connectivity index (χ1n) is 11.7. The lowest BCUT2D eigenvalue weighted by Gasteiger charge is -2.61. The number of hydrogen-bond acceptors (Lipinski definition) is 4. The molecule has 2 amide bonds. The summed E-state index contributed by atoms with van der Waals surface area (Å²) in [6, 6.07) is 6.21. The van der Waals surface area contributed by atoms with Crippen molar-refractivity contribution >= 4 is 33.4 Å². The number of amides is 2. The molecule has 2 atom stereocenters. The van der Waals surface area contributed by atoms with Gasteiger partial charge in [-0.2, -0.15) is 4.72 Å². The molecule has 7 nitrogen and oxygen atoms in total. The van der Waals surface area contributed by atoms with Crippen molar-refractivity contribution in [1.29, 1.82) is 0 Å². The van der Waals surface area contributed by atoms with Gasteiger partial charge in [0.2, 0.25) is 21.8 Å². The van der Waals surface area contributed by atoms with E-state index in [-0.39, 0.29) is 27.8 Å². The molecule has 4 fully saturated rings. The van der Waals surface area contributed by atoms with Crippen molar-refractivity contribution in [2.24, 2.45) is 17.3 Å². The number of halogens is 1. The molecule has 0 aromatic heterocycles. The van der Waals surface area contributed by atoms with E-state index < -0.39 is 26.5 Å². The van der Waals surface area contributed by atoms with Crippen molar-refractivity contribution in [3.05, 3.63) is 29.3 Å². The summed E-state index contributed by atoms with van der Waals surface area (Å²) < 4.78 is 28.4. The molecular formula is C24H34ClN3O4S. The largest absolute Gasteiger partial charge is 0.353 e. The van der Waals surface area contributed by atoms with Gasteiger partial charge in [0.05, 0.1) is 10.4 Å². The van der Waals surface area contributed by atoms with Gasteiger partial charge in [-0.05, 0) is 90.2 Å². The molecule has 9 heteroatoms. The normalized spacial score (nSPS) is 31.0. The number of carbonyl (C=O) groups excluding carboxylic acids is 2. The summed E-state index contributed by atoms with van der Waals surface area (Å²) >= 11 is 6.09. The first-order chi connectivity index (χ1) is 15.3. The fourth-order valence-electron chi connectivity index (χ4n) is 6.59. The minimum atomic E-state index is -4.01. The SMILES string of the molecule is CC(C)NC(=O)C12CC3CC(CC(NC(=O)C(C)(C)NS(=O)(=O)c4ccccc4Cl)(C3)C1)C2. The van der Waals surface area contributed by atoms with Crippen LogP contribution in [0.15, 0.2) is 29.2 Å². The first-order valence-corrected chi connectivity index (χ1v) is 13.5. The van der Waals surface area contributed by atoms with Crippen molar-refractivity contribution in [2.75, 3.05) is 0 Å². The van der Waals surface area contributed by atoms with E-state index in [1.165, 1.54) is 12.1 Å². The van der Waals surface area contributed by atoms with E-state index in [2.05, 4.69) is 15.4 Å². The van der Waals surface area contributed by atoms with E-state index in [1.807, 2.05) is 13.8 Å². The number of sulfonamides is 1. The molecule has 4 bridgehead atoms. The zero-order valence-corrected chi connectivity index (χ0v) is 21.3. The van der Waals surface area contributed by atoms with Gasteiger partial charge in [0.25, 0.3) is 0 Å². The number of nitrogens with one attached hydrogen (secondary N) is 3. The quantitative estimate of drug-likeness (QED) is 0.539. The van der Waals surface area contributed by atoms with Gasteiger partial charge in [-0.3, -0.25) is 9.59 Å². The highest BCUT2D eigenvalue weighted by atomic mass is 35.5. The van der Waals surface area contributed by atoms with Crippen molar-refractivity contribution in [2.45, 2.75) is 88.2 Å². The molecule has 3 N–H and O–H groups in total. The summed E-state index contributed by atoms with van der Waals surface area (Å²) in [7, 11) is -4.01. The summed E-state index contributed by atoms with van der Waals surface area (Å²) in [6.45, 7) is 7.03. The van der Waals surface area contributed by atoms with E-state index >= 15 is 0 Å². The topological polar surface area (TPSA) is 104 Å². The van der Waals surface area contributed by atoms with E-state index in [4.69, 9.17) is 11.6 Å². The van der Waals surface area contributed by atoms with Crippen molar-refractivity contribution in [1.82, 2.24) is 15.4 Å². The molecule has 0 saturated heterocycles. The second kappa shape index (κ2) is 8.24. The van der Waals surface area contributed by atoms with Crippen LogP contribution in [0.5, 0.6) is 0 Å². The molecular weight excluding hydrogens is 462 g/mol. The standard InChI is InChI=1S/C24H34ClN3O4S/c1-15(2)26-21(30)23-10-16-9-17(11-23)13-24(12-16,14-23)27-20(29)22(3,4)28-33(31,32)19-8-6-5-7-18(19)25/h5-8,15-17,28H,9-14H2,1-4H3,(H,26,30)(H,27,29). The summed E-state index contributed by atoms with van der Waals surface area (Å²) in [5.74, 6) is 0.489. The maximum atomic E-state index is 13.4. The lowest BCUT2D eigenvalue weighted by molar-refractivity contribution is -0.154. The van der Waals surface area contributed by atoms with E-state index in [0.29, 0.717) is 18.3 Å². The van der Waals surface area contributed by atoms with Crippen LogP contribution in [0.3, 0.4) is 0 Å². The highest BCUT2D eigenvalue weighted by molar-refractivity contribution is 7.89. The zero-order chi connectivity index (χ0) is 24.2. The van der Waals surface area contributed by atoms with Crippen LogP contribution in [0.4, 0.5) is 0 Å². The predicted octanol–water partition coefficient (Wildman–Crippen LogP) is 3.38. The average Bonchev–Trinajstić information content (AvgIpc) is 2.65. The third-order valence-electron chi connectivity index (χ3n) is 7.42. The maximum Gasteiger partial charge on any atom is 0.243 e. The van der Waals surface area contributed by atoms with Gasteiger partial charge in [-0.1, -0.05) is 23.7 Å². The molecule has 33 heavy (non-hydrogen) atoms. The molecule has 5 rings (SSSR count). The number of carbonyl (C=O) groups is 2. The third kappa shape index (κ3) is 4.66. The van der Waals surface area contributed by atoms with E-state index in [9.17, 15) is 18.0 Å². The molecule has 0 spiro atoms. The second-order valence-electron chi connectivity index (χ2n) is 11.3. The monoisotopic (exact) mass is 495 g/mol. The Morgan fingerprint density at radius 3 is 2.27 bits per heavy atom. The van der Waals surface area contributed by atoms with Gasteiger partial charge in [-0.25, -0.2) is 8.42 Å². The van der Waals surface area contributed by atoms with Crippen LogP contribution in [0, 0.1) is 17.3 Å². The molecule has 4 saturated carbocycles. The van der Waals surface area contributed by atoms with E-state index in [1.54, 1.807) is 26.0 Å². The zero-order valence-electron chi connectivity index (χ0n) is 19.7. The summed E-state index contributed by atoms with van der Waals surface area (Å²) in [6.07, 6.45) is 5.09. The van der Waals surface area contributed by atoms with Gasteiger partial charge in [0, 0.05) is 11.6 Å². The number of benzene rings is 1. The lowest BCUT2D eigenvalue weighted by atomic mass is 9.46. The van der Waals surface area contributed by atoms with Crippen LogP contribution in [0.25, 0.3) is 0 Å². The number of rotatable bonds is 7. The van der Waals surface area contributed by atoms with Gasteiger partial charge in [0.15, 0.2) is 0 Å². The average molecular weight is 496 g/mol. The fraction of sp³-hybridized carbons (Fsp3) is 0.667. The van der Waals surface area contributed by atoms with Crippen LogP contribution in [-0.2, 0) is 19.6 Å². The molecule has 2 unspecified atom stereocenters. The van der Waals surface area contributed by atoms with Gasteiger partial charge in [-0.15, -0.1) is 0 Å². The molecule has 182 valence electrons. The number of hydrogen-bond donors (Lipinski definition) is 3. The molecule has 1 aromatic rings. The second-order valence-corrected chi connectivity index (χ2v) is 13.3. The van der Waals surface area contributed by atoms with Gasteiger partial charge < -0.3 is 10.6 Å². The summed E-state index contributed by atoms with van der Waals surface area (Å²) in [5, 5.41) is 6.40. The maximum absolute atomic E-state index is 13.4. The molecule has 1 aromatic carbocycles. The van der Waals surface area contributed by atoms with Gasteiger partial charge in [0.1, 0.15) is 10.4 Å². The van der Waals surface area contributed by atoms with Crippen LogP contribution in [-0.4, -0.2) is 37.4 Å². The van der Waals surface area contributed by atoms with Crippen LogP contribution in [0.1, 0.15) is 66.2 Å². The minimum Gasteiger partial charge on any atom is -0.353 e. The predicted molar refractivity (Wildman–Crippen MR) is 127 cm³/mol. The van der Waals surface area contributed by atoms with Crippen molar-refractivity contribution in [3.63, 3.8) is 0 Å². The van der Waals surface area contributed by atoms with Crippen molar-refractivity contribution < 1.29 is 18.0 Å².